The highest BCUT2D eigenvalue weighted by Crippen LogP contribution is 2.23. The topological polar surface area (TPSA) is 54.0 Å². The molecule has 3 aromatic carbocycles. The largest absolute Gasteiger partial charge is 0.493 e. The van der Waals surface area contributed by atoms with Crippen LogP contribution < -0.4 is 9.47 Å². The molecule has 0 amide bonds. The van der Waals surface area contributed by atoms with Crippen LogP contribution in [0, 0.1) is 0 Å². The number of allylic oxidation sites excluding steroid dienone is 1. The van der Waals surface area contributed by atoms with E-state index in [0.29, 0.717) is 26.1 Å². The lowest BCUT2D eigenvalue weighted by atomic mass is 10.1. The van der Waals surface area contributed by atoms with Crippen molar-refractivity contribution in [2.45, 2.75) is 38.9 Å². The van der Waals surface area contributed by atoms with Gasteiger partial charge in [-0.1, -0.05) is 60.7 Å². The van der Waals surface area contributed by atoms with Crippen molar-refractivity contribution in [1.29, 1.82) is 0 Å². The molecule has 3 aromatic rings. The Bertz CT molecular complexity index is 1040. The molecule has 35 heavy (non-hydrogen) atoms. The molecule has 5 nitrogen and oxygen atoms in total. The van der Waals surface area contributed by atoms with E-state index in [9.17, 15) is 4.79 Å². The fourth-order valence-electron chi connectivity index (χ4n) is 3.67. The van der Waals surface area contributed by atoms with Gasteiger partial charge in [0.2, 0.25) is 0 Å². The number of carbonyl (C=O) groups is 1. The summed E-state index contributed by atoms with van der Waals surface area (Å²) in [7, 11) is 1.51. The molecule has 0 aromatic heterocycles. The van der Waals surface area contributed by atoms with Gasteiger partial charge in [-0.2, -0.15) is 0 Å². The first-order valence-corrected chi connectivity index (χ1v) is 12.0. The van der Waals surface area contributed by atoms with Gasteiger partial charge in [0.25, 0.3) is 0 Å². The molecular weight excluding hydrogens is 440 g/mol. The van der Waals surface area contributed by atoms with Gasteiger partial charge in [-0.15, -0.1) is 0 Å². The van der Waals surface area contributed by atoms with Crippen LogP contribution in [0.25, 0.3) is 11.1 Å². The highest BCUT2D eigenvalue weighted by atomic mass is 16.6. The van der Waals surface area contributed by atoms with Crippen molar-refractivity contribution in [3.63, 3.8) is 0 Å². The zero-order valence-corrected chi connectivity index (χ0v) is 20.7. The fraction of sp³-hybridized carbons (Fsp3) is 0.300. The molecule has 0 bridgehead atoms. The van der Waals surface area contributed by atoms with Crippen molar-refractivity contribution in [3.05, 3.63) is 96.6 Å². The Morgan fingerprint density at radius 3 is 2.17 bits per heavy atom. The van der Waals surface area contributed by atoms with Crippen LogP contribution in [-0.4, -0.2) is 38.5 Å². The Balaban J connectivity index is 1.49. The van der Waals surface area contributed by atoms with E-state index in [2.05, 4.69) is 24.3 Å². The third-order valence-electron chi connectivity index (χ3n) is 5.51. The van der Waals surface area contributed by atoms with Gasteiger partial charge >= 0.3 is 5.97 Å². The van der Waals surface area contributed by atoms with Crippen LogP contribution >= 0.6 is 0 Å². The number of rotatable bonds is 13. The fourth-order valence-corrected chi connectivity index (χ4v) is 3.67. The minimum Gasteiger partial charge on any atom is -0.493 e. The van der Waals surface area contributed by atoms with E-state index in [1.165, 1.54) is 12.7 Å². The maximum absolute atomic E-state index is 11.9. The predicted molar refractivity (Wildman–Crippen MR) is 139 cm³/mol. The summed E-state index contributed by atoms with van der Waals surface area (Å²) in [6.07, 6.45) is 4.50. The molecule has 0 aliphatic carbocycles. The zero-order valence-electron chi connectivity index (χ0n) is 20.7. The number of hydrogen-bond acceptors (Lipinski definition) is 5. The highest BCUT2D eigenvalue weighted by Gasteiger charge is 2.19. The maximum Gasteiger partial charge on any atom is 0.335 e. The number of carbonyl (C=O) groups excluding carboxylic acids is 1. The van der Waals surface area contributed by atoms with Crippen molar-refractivity contribution in [2.24, 2.45) is 0 Å². The smallest absolute Gasteiger partial charge is 0.335 e. The predicted octanol–water partition coefficient (Wildman–Crippen LogP) is 6.27. The molecule has 0 fully saturated rings. The van der Waals surface area contributed by atoms with Crippen LogP contribution in [0.5, 0.6) is 11.5 Å². The van der Waals surface area contributed by atoms with E-state index < -0.39 is 6.10 Å². The normalized spacial score (nSPS) is 12.8. The van der Waals surface area contributed by atoms with E-state index in [1.54, 1.807) is 6.92 Å². The van der Waals surface area contributed by atoms with Gasteiger partial charge in [0.15, 0.2) is 6.10 Å². The van der Waals surface area contributed by atoms with E-state index >= 15 is 0 Å². The summed E-state index contributed by atoms with van der Waals surface area (Å²) in [5, 5.41) is 0. The molecule has 3 rings (SSSR count). The lowest BCUT2D eigenvalue weighted by Gasteiger charge is -2.17. The number of ether oxygens (including phenoxy) is 4. The number of hydrogen-bond donors (Lipinski definition) is 0. The van der Waals surface area contributed by atoms with Crippen LogP contribution in [0.2, 0.25) is 0 Å². The first kappa shape index (κ1) is 26.0. The van der Waals surface area contributed by atoms with Crippen molar-refractivity contribution in [3.8, 4) is 22.6 Å². The molecule has 5 heteroatoms. The molecule has 0 saturated carbocycles. The number of methoxy groups -OCH3 is 1. The summed E-state index contributed by atoms with van der Waals surface area (Å²) >= 11 is 0. The van der Waals surface area contributed by atoms with Gasteiger partial charge < -0.3 is 18.9 Å². The minimum atomic E-state index is -0.609. The molecular formula is C30H34O5. The Morgan fingerprint density at radius 1 is 0.886 bits per heavy atom. The van der Waals surface area contributed by atoms with Gasteiger partial charge in [0.1, 0.15) is 17.6 Å². The molecule has 0 spiro atoms. The maximum atomic E-state index is 11.9. The second-order valence-corrected chi connectivity index (χ2v) is 8.03. The second kappa shape index (κ2) is 14.0. The summed E-state index contributed by atoms with van der Waals surface area (Å²) in [6.45, 7) is 4.62. The van der Waals surface area contributed by atoms with Crippen LogP contribution in [-0.2, 0) is 20.7 Å². The van der Waals surface area contributed by atoms with E-state index in [0.717, 1.165) is 22.6 Å². The summed E-state index contributed by atoms with van der Waals surface area (Å²) in [5.74, 6) is 1.25. The SMILES string of the molecule is CC=CC(CCOc1ccc(CC(OC)C(=O)OCC)cc1)Oc1ccc(-c2ccccc2)cc1. The Hall–Kier alpha value is -3.57. The van der Waals surface area contributed by atoms with Crippen LogP contribution in [0.3, 0.4) is 0 Å². The summed E-state index contributed by atoms with van der Waals surface area (Å²) in [6, 6.07) is 26.1. The zero-order chi connectivity index (χ0) is 24.9. The van der Waals surface area contributed by atoms with Crippen molar-refractivity contribution >= 4 is 5.97 Å². The van der Waals surface area contributed by atoms with Gasteiger partial charge in [0.05, 0.1) is 13.2 Å². The third kappa shape index (κ3) is 8.30. The number of benzene rings is 3. The third-order valence-corrected chi connectivity index (χ3v) is 5.51. The monoisotopic (exact) mass is 474 g/mol. The van der Waals surface area contributed by atoms with Gasteiger partial charge in [-0.05, 0) is 60.9 Å². The molecule has 0 radical (unpaired) electrons. The Morgan fingerprint density at radius 2 is 1.54 bits per heavy atom. The molecule has 0 aliphatic heterocycles. The van der Waals surface area contributed by atoms with E-state index in [1.807, 2.05) is 73.7 Å². The number of esters is 1. The standard InChI is InChI=1S/C30H34O5/c1-4-9-27(35-28-18-14-25(15-19-28)24-10-7-6-8-11-24)20-21-34-26-16-12-23(13-17-26)22-29(32-3)30(31)33-5-2/h4,6-19,27,29H,5,20-22H2,1-3H3. The molecule has 0 aliphatic rings. The first-order valence-electron chi connectivity index (χ1n) is 12.0. The quantitative estimate of drug-likeness (QED) is 0.216. The van der Waals surface area contributed by atoms with Gasteiger partial charge in [0, 0.05) is 20.0 Å². The first-order chi connectivity index (χ1) is 17.1. The Labute approximate surface area is 208 Å². The molecule has 0 heterocycles. The molecule has 0 saturated heterocycles. The lowest BCUT2D eigenvalue weighted by molar-refractivity contribution is -0.154. The summed E-state index contributed by atoms with van der Waals surface area (Å²) < 4.78 is 22.4. The van der Waals surface area contributed by atoms with Crippen molar-refractivity contribution in [2.75, 3.05) is 20.3 Å². The van der Waals surface area contributed by atoms with Gasteiger partial charge in [-0.3, -0.25) is 0 Å². The van der Waals surface area contributed by atoms with Crippen molar-refractivity contribution < 1.29 is 23.7 Å². The van der Waals surface area contributed by atoms with Crippen molar-refractivity contribution in [1.82, 2.24) is 0 Å². The van der Waals surface area contributed by atoms with E-state index in [-0.39, 0.29) is 12.1 Å². The molecule has 2 unspecified atom stereocenters. The van der Waals surface area contributed by atoms with Gasteiger partial charge in [-0.25, -0.2) is 4.79 Å². The molecule has 184 valence electrons. The van der Waals surface area contributed by atoms with E-state index in [4.69, 9.17) is 18.9 Å². The average molecular weight is 475 g/mol. The Kier molecular flexibility index (Phi) is 10.4. The highest BCUT2D eigenvalue weighted by molar-refractivity contribution is 5.75. The van der Waals surface area contributed by atoms with Crippen LogP contribution in [0.4, 0.5) is 0 Å². The summed E-state index contributed by atoms with van der Waals surface area (Å²) in [4.78, 5) is 11.9. The minimum absolute atomic E-state index is 0.0890. The van der Waals surface area contributed by atoms with Crippen LogP contribution in [0.1, 0.15) is 25.8 Å². The second-order valence-electron chi connectivity index (χ2n) is 8.03. The molecule has 0 N–H and O–H groups in total. The molecule has 2 atom stereocenters. The summed E-state index contributed by atoms with van der Waals surface area (Å²) in [5.41, 5.74) is 3.32. The van der Waals surface area contributed by atoms with Crippen LogP contribution in [0.15, 0.2) is 91.0 Å². The lowest BCUT2D eigenvalue weighted by Crippen LogP contribution is -2.27. The average Bonchev–Trinajstić information content (AvgIpc) is 2.89.